The minimum Gasteiger partial charge on any atom is -0.351 e. The molecule has 0 amide bonds. The zero-order chi connectivity index (χ0) is 13.4. The van der Waals surface area contributed by atoms with Crippen molar-refractivity contribution < 1.29 is 13.2 Å². The second kappa shape index (κ2) is 5.02. The van der Waals surface area contributed by atoms with Crippen LogP contribution in [0.25, 0.3) is 0 Å². The molecule has 1 aromatic heterocycles. The zero-order valence-electron chi connectivity index (χ0n) is 10.7. The van der Waals surface area contributed by atoms with Crippen LogP contribution in [0.3, 0.4) is 0 Å². The number of piperidine rings is 1. The molecule has 2 nitrogen and oxygen atoms in total. The van der Waals surface area contributed by atoms with Gasteiger partial charge in [0.25, 0.3) is 5.95 Å². The maximum atomic E-state index is 13.9. The van der Waals surface area contributed by atoms with E-state index in [1.54, 1.807) is 0 Å². The molecule has 0 spiro atoms. The van der Waals surface area contributed by atoms with Crippen LogP contribution in [0, 0.1) is 23.5 Å². The molecule has 1 saturated heterocycles. The number of halogens is 3. The molecule has 0 bridgehead atoms. The second-order valence-electron chi connectivity index (χ2n) is 5.51. The first-order chi connectivity index (χ1) is 9.16. The van der Waals surface area contributed by atoms with Gasteiger partial charge in [-0.05, 0) is 31.6 Å². The fraction of sp³-hybridized carbons (Fsp3) is 0.643. The van der Waals surface area contributed by atoms with Gasteiger partial charge >= 0.3 is 0 Å². The summed E-state index contributed by atoms with van der Waals surface area (Å²) in [7, 11) is 0. The summed E-state index contributed by atoms with van der Waals surface area (Å²) < 4.78 is 40.1. The van der Waals surface area contributed by atoms with E-state index in [1.807, 2.05) is 4.90 Å². The van der Waals surface area contributed by atoms with Crippen molar-refractivity contribution in [1.29, 1.82) is 0 Å². The van der Waals surface area contributed by atoms with Crippen LogP contribution in [0.2, 0.25) is 0 Å². The molecule has 0 aromatic carbocycles. The molecule has 1 saturated carbocycles. The quantitative estimate of drug-likeness (QED) is 0.724. The highest BCUT2D eigenvalue weighted by Gasteiger charge is 2.35. The maximum absolute atomic E-state index is 13.9. The molecule has 104 valence electrons. The van der Waals surface area contributed by atoms with Gasteiger partial charge < -0.3 is 4.90 Å². The van der Waals surface area contributed by atoms with E-state index in [2.05, 4.69) is 4.98 Å². The van der Waals surface area contributed by atoms with Crippen molar-refractivity contribution in [2.24, 2.45) is 5.92 Å². The van der Waals surface area contributed by atoms with Gasteiger partial charge in [0.1, 0.15) is 0 Å². The van der Waals surface area contributed by atoms with Gasteiger partial charge in [-0.3, -0.25) is 0 Å². The highest BCUT2D eigenvalue weighted by Crippen LogP contribution is 2.37. The Morgan fingerprint density at radius 3 is 2.58 bits per heavy atom. The van der Waals surface area contributed by atoms with Crippen molar-refractivity contribution in [2.75, 3.05) is 11.4 Å². The van der Waals surface area contributed by atoms with Gasteiger partial charge in [-0.2, -0.15) is 9.37 Å². The molecule has 0 radical (unpaired) electrons. The summed E-state index contributed by atoms with van der Waals surface area (Å²) >= 11 is 0. The lowest BCUT2D eigenvalue weighted by Crippen LogP contribution is -2.47. The van der Waals surface area contributed by atoms with E-state index in [-0.39, 0.29) is 11.9 Å². The van der Waals surface area contributed by atoms with E-state index in [0.29, 0.717) is 18.5 Å². The number of aromatic nitrogens is 1. The topological polar surface area (TPSA) is 16.1 Å². The molecule has 0 N–H and O–H groups in total. The Balaban J connectivity index is 1.93. The third-order valence-corrected chi connectivity index (χ3v) is 4.38. The van der Waals surface area contributed by atoms with Crippen molar-refractivity contribution in [1.82, 2.24) is 4.98 Å². The van der Waals surface area contributed by atoms with Crippen molar-refractivity contribution in [3.8, 4) is 0 Å². The zero-order valence-corrected chi connectivity index (χ0v) is 10.7. The average molecular weight is 270 g/mol. The van der Waals surface area contributed by atoms with Crippen molar-refractivity contribution >= 4 is 5.82 Å². The Hall–Kier alpha value is -1.26. The monoisotopic (exact) mass is 270 g/mol. The summed E-state index contributed by atoms with van der Waals surface area (Å²) in [5.41, 5.74) is 0. The third-order valence-electron chi connectivity index (χ3n) is 4.38. The van der Waals surface area contributed by atoms with Crippen LogP contribution in [-0.4, -0.2) is 17.6 Å². The molecule has 2 fully saturated rings. The maximum Gasteiger partial charge on any atom is 0.251 e. The molecule has 2 heterocycles. The van der Waals surface area contributed by atoms with Gasteiger partial charge in [0, 0.05) is 18.7 Å². The lowest BCUT2D eigenvalue weighted by atomic mass is 9.78. The van der Waals surface area contributed by atoms with E-state index in [4.69, 9.17) is 0 Å². The van der Waals surface area contributed by atoms with Gasteiger partial charge in [0.2, 0.25) is 0 Å². The van der Waals surface area contributed by atoms with Crippen LogP contribution < -0.4 is 4.90 Å². The van der Waals surface area contributed by atoms with Gasteiger partial charge in [0.15, 0.2) is 17.5 Å². The summed E-state index contributed by atoms with van der Waals surface area (Å²) in [5.74, 6) is -2.68. The van der Waals surface area contributed by atoms with Crippen LogP contribution >= 0.6 is 0 Å². The number of fused-ring (bicyclic) bond motifs is 1. The largest absolute Gasteiger partial charge is 0.351 e. The Kier molecular flexibility index (Phi) is 3.37. The van der Waals surface area contributed by atoms with Gasteiger partial charge in [-0.1, -0.05) is 12.8 Å². The molecule has 1 aliphatic heterocycles. The Bertz CT molecular complexity index is 476. The molecular weight excluding hydrogens is 253 g/mol. The summed E-state index contributed by atoms with van der Waals surface area (Å²) in [6.07, 6.45) is 6.57. The standard InChI is InChI=1S/C14H17F3N2/c15-10-8-11(16)14(18-13(10)17)19-7-3-5-9-4-1-2-6-12(9)19/h8-9,12H,1-7H2. The Morgan fingerprint density at radius 1 is 1.00 bits per heavy atom. The number of rotatable bonds is 1. The van der Waals surface area contributed by atoms with E-state index in [1.165, 1.54) is 6.42 Å². The first-order valence-corrected chi connectivity index (χ1v) is 6.95. The van der Waals surface area contributed by atoms with Crippen LogP contribution in [0.15, 0.2) is 6.07 Å². The molecule has 2 unspecified atom stereocenters. The lowest BCUT2D eigenvalue weighted by molar-refractivity contribution is 0.240. The minimum atomic E-state index is -1.22. The Morgan fingerprint density at radius 2 is 1.74 bits per heavy atom. The summed E-state index contributed by atoms with van der Waals surface area (Å²) in [5, 5.41) is 0. The summed E-state index contributed by atoms with van der Waals surface area (Å²) in [6.45, 7) is 0.677. The van der Waals surface area contributed by atoms with Crippen molar-refractivity contribution in [3.05, 3.63) is 23.6 Å². The molecule has 1 aromatic rings. The number of nitrogens with zero attached hydrogens (tertiary/aromatic N) is 2. The predicted molar refractivity (Wildman–Crippen MR) is 66.4 cm³/mol. The molecule has 19 heavy (non-hydrogen) atoms. The predicted octanol–water partition coefficient (Wildman–Crippen LogP) is 3.66. The van der Waals surface area contributed by atoms with Crippen LogP contribution in [0.1, 0.15) is 38.5 Å². The molecule has 2 aliphatic rings. The van der Waals surface area contributed by atoms with Crippen LogP contribution in [0.4, 0.5) is 19.0 Å². The number of pyridine rings is 1. The first-order valence-electron chi connectivity index (χ1n) is 6.95. The minimum absolute atomic E-state index is 0.0181. The lowest BCUT2D eigenvalue weighted by Gasteiger charge is -2.44. The van der Waals surface area contributed by atoms with E-state index < -0.39 is 17.6 Å². The van der Waals surface area contributed by atoms with E-state index in [0.717, 1.165) is 32.1 Å². The molecule has 5 heteroatoms. The SMILES string of the molecule is Fc1cc(F)c(N2CCCC3CCCCC32)nc1F. The van der Waals surface area contributed by atoms with Gasteiger partial charge in [-0.15, -0.1) is 0 Å². The van der Waals surface area contributed by atoms with Crippen molar-refractivity contribution in [3.63, 3.8) is 0 Å². The smallest absolute Gasteiger partial charge is 0.251 e. The average Bonchev–Trinajstić information content (AvgIpc) is 2.42. The molecule has 1 aliphatic carbocycles. The van der Waals surface area contributed by atoms with Crippen LogP contribution in [-0.2, 0) is 0 Å². The first kappa shape index (κ1) is 12.8. The fourth-order valence-corrected chi connectivity index (χ4v) is 3.52. The Labute approximate surface area is 110 Å². The number of anilines is 1. The fourth-order valence-electron chi connectivity index (χ4n) is 3.52. The molecule has 2 atom stereocenters. The van der Waals surface area contributed by atoms with Gasteiger partial charge in [-0.25, -0.2) is 8.78 Å². The normalized spacial score (nSPS) is 27.2. The van der Waals surface area contributed by atoms with E-state index in [9.17, 15) is 13.2 Å². The van der Waals surface area contributed by atoms with Gasteiger partial charge in [0.05, 0.1) is 0 Å². The third kappa shape index (κ3) is 2.30. The summed E-state index contributed by atoms with van der Waals surface area (Å²) in [6, 6.07) is 0.832. The van der Waals surface area contributed by atoms with Crippen molar-refractivity contribution in [2.45, 2.75) is 44.6 Å². The second-order valence-corrected chi connectivity index (χ2v) is 5.51. The number of hydrogen-bond acceptors (Lipinski definition) is 2. The molecule has 3 rings (SSSR count). The highest BCUT2D eigenvalue weighted by molar-refractivity contribution is 5.42. The highest BCUT2D eigenvalue weighted by atomic mass is 19.2. The number of hydrogen-bond donors (Lipinski definition) is 0. The summed E-state index contributed by atoms with van der Waals surface area (Å²) in [4.78, 5) is 5.35. The van der Waals surface area contributed by atoms with E-state index >= 15 is 0 Å². The molecular formula is C14H17F3N2. The van der Waals surface area contributed by atoms with Crippen LogP contribution in [0.5, 0.6) is 0 Å².